The van der Waals surface area contributed by atoms with E-state index in [2.05, 4.69) is 26.2 Å². The summed E-state index contributed by atoms with van der Waals surface area (Å²) in [4.78, 5) is 0. The van der Waals surface area contributed by atoms with Crippen LogP contribution in [-0.2, 0) is 0 Å². The Morgan fingerprint density at radius 2 is 1.90 bits per heavy atom. The predicted octanol–water partition coefficient (Wildman–Crippen LogP) is 1.98. The molecule has 0 fully saturated rings. The van der Waals surface area contributed by atoms with Crippen LogP contribution in [0.1, 0.15) is 20.8 Å². The van der Waals surface area contributed by atoms with Gasteiger partial charge in [0.05, 0.1) is 6.10 Å². The molecule has 0 spiro atoms. The highest BCUT2D eigenvalue weighted by Crippen LogP contribution is 2.15. The fraction of sp³-hybridized carbons (Fsp3) is 0.667. The highest BCUT2D eigenvalue weighted by Gasteiger charge is 2.14. The Labute approximate surface area is 63.1 Å². The van der Waals surface area contributed by atoms with Crippen molar-refractivity contribution in [1.82, 2.24) is 0 Å². The summed E-state index contributed by atoms with van der Waals surface area (Å²) in [6.07, 6.45) is 1.53. The highest BCUT2D eigenvalue weighted by atomic mass is 16.3. The van der Waals surface area contributed by atoms with Gasteiger partial charge in [-0.15, -0.1) is 5.73 Å². The molecule has 0 aromatic heterocycles. The maximum atomic E-state index is 9.21. The summed E-state index contributed by atoms with van der Waals surface area (Å²) in [6, 6.07) is 0. The molecule has 2 atom stereocenters. The van der Waals surface area contributed by atoms with E-state index in [0.717, 1.165) is 0 Å². The van der Waals surface area contributed by atoms with Crippen molar-refractivity contribution in [3.63, 3.8) is 0 Å². The molecule has 58 valence electrons. The third-order valence-electron chi connectivity index (χ3n) is 1.64. The van der Waals surface area contributed by atoms with Gasteiger partial charge >= 0.3 is 0 Å². The number of aliphatic hydroxyl groups is 1. The van der Waals surface area contributed by atoms with Crippen molar-refractivity contribution in [3.05, 3.63) is 18.4 Å². The van der Waals surface area contributed by atoms with Gasteiger partial charge in [0.2, 0.25) is 0 Å². The Bertz CT molecular complexity index is 122. The standard InChI is InChI=1S/C9H16O/c1-5-6-9(7(2)3)8(4)10/h6-10H,1H2,2-4H3. The lowest BCUT2D eigenvalue weighted by Gasteiger charge is -2.18. The first-order chi connectivity index (χ1) is 4.59. The zero-order valence-electron chi connectivity index (χ0n) is 6.96. The maximum absolute atomic E-state index is 9.21. The van der Waals surface area contributed by atoms with E-state index in [4.69, 9.17) is 0 Å². The molecule has 0 aliphatic heterocycles. The van der Waals surface area contributed by atoms with Crippen molar-refractivity contribution in [2.24, 2.45) is 11.8 Å². The lowest BCUT2D eigenvalue weighted by atomic mass is 9.91. The summed E-state index contributed by atoms with van der Waals surface area (Å²) in [5, 5.41) is 9.21. The van der Waals surface area contributed by atoms with Crippen LogP contribution in [-0.4, -0.2) is 11.2 Å². The minimum Gasteiger partial charge on any atom is -0.393 e. The van der Waals surface area contributed by atoms with Gasteiger partial charge < -0.3 is 5.11 Å². The van der Waals surface area contributed by atoms with E-state index in [1.165, 1.54) is 0 Å². The molecular formula is C9H16O. The van der Waals surface area contributed by atoms with Crippen LogP contribution in [0.5, 0.6) is 0 Å². The molecule has 0 saturated carbocycles. The summed E-state index contributed by atoms with van der Waals surface area (Å²) in [5.41, 5.74) is 2.70. The van der Waals surface area contributed by atoms with E-state index in [1.54, 1.807) is 6.92 Å². The first-order valence-electron chi connectivity index (χ1n) is 3.63. The fourth-order valence-electron chi connectivity index (χ4n) is 1.02. The van der Waals surface area contributed by atoms with Gasteiger partial charge in [-0.2, -0.15) is 0 Å². The predicted molar refractivity (Wildman–Crippen MR) is 43.7 cm³/mol. The molecule has 0 heterocycles. The second kappa shape index (κ2) is 4.32. The van der Waals surface area contributed by atoms with Crippen molar-refractivity contribution in [3.8, 4) is 0 Å². The Morgan fingerprint density at radius 3 is 2.00 bits per heavy atom. The van der Waals surface area contributed by atoms with E-state index in [9.17, 15) is 5.11 Å². The molecule has 0 rings (SSSR count). The van der Waals surface area contributed by atoms with E-state index in [1.807, 2.05) is 6.08 Å². The summed E-state index contributed by atoms with van der Waals surface area (Å²) in [6.45, 7) is 9.41. The van der Waals surface area contributed by atoms with Gasteiger partial charge in [0, 0.05) is 5.92 Å². The SMILES string of the molecule is C=C=CC(C(C)C)C(C)O. The summed E-state index contributed by atoms with van der Waals surface area (Å²) in [7, 11) is 0. The molecule has 0 saturated heterocycles. The zero-order valence-corrected chi connectivity index (χ0v) is 6.96. The molecular weight excluding hydrogens is 124 g/mol. The van der Waals surface area contributed by atoms with Crippen molar-refractivity contribution >= 4 is 0 Å². The van der Waals surface area contributed by atoms with Crippen molar-refractivity contribution in [1.29, 1.82) is 0 Å². The van der Waals surface area contributed by atoms with Gasteiger partial charge in [-0.25, -0.2) is 0 Å². The second-order valence-electron chi connectivity index (χ2n) is 2.93. The van der Waals surface area contributed by atoms with Gasteiger partial charge in [0.1, 0.15) is 0 Å². The van der Waals surface area contributed by atoms with Gasteiger partial charge in [0.25, 0.3) is 0 Å². The molecule has 0 aromatic rings. The number of hydrogen-bond acceptors (Lipinski definition) is 1. The van der Waals surface area contributed by atoms with Crippen LogP contribution in [0.25, 0.3) is 0 Å². The monoisotopic (exact) mass is 140 g/mol. The summed E-state index contributed by atoms with van der Waals surface area (Å²) >= 11 is 0. The van der Waals surface area contributed by atoms with Gasteiger partial charge in [-0.3, -0.25) is 0 Å². The Balaban J connectivity index is 4.11. The lowest BCUT2D eigenvalue weighted by molar-refractivity contribution is 0.125. The minimum absolute atomic E-state index is 0.192. The van der Waals surface area contributed by atoms with Gasteiger partial charge in [-0.1, -0.05) is 20.4 Å². The summed E-state index contributed by atoms with van der Waals surface area (Å²) in [5.74, 6) is 0.645. The summed E-state index contributed by atoms with van der Waals surface area (Å²) < 4.78 is 0. The molecule has 1 N–H and O–H groups in total. The number of aliphatic hydroxyl groups excluding tert-OH is 1. The number of hydrogen-bond donors (Lipinski definition) is 1. The molecule has 0 aliphatic carbocycles. The Kier molecular flexibility index (Phi) is 4.10. The zero-order chi connectivity index (χ0) is 8.15. The van der Waals surface area contributed by atoms with E-state index in [-0.39, 0.29) is 12.0 Å². The fourth-order valence-corrected chi connectivity index (χ4v) is 1.02. The first-order valence-corrected chi connectivity index (χ1v) is 3.63. The van der Waals surface area contributed by atoms with E-state index >= 15 is 0 Å². The lowest BCUT2D eigenvalue weighted by Crippen LogP contribution is -2.19. The van der Waals surface area contributed by atoms with Crippen LogP contribution in [0.4, 0.5) is 0 Å². The molecule has 0 aromatic carbocycles. The second-order valence-corrected chi connectivity index (χ2v) is 2.93. The third-order valence-corrected chi connectivity index (χ3v) is 1.64. The Morgan fingerprint density at radius 1 is 1.40 bits per heavy atom. The molecule has 10 heavy (non-hydrogen) atoms. The average molecular weight is 140 g/mol. The van der Waals surface area contributed by atoms with E-state index < -0.39 is 0 Å². The van der Waals surface area contributed by atoms with Crippen LogP contribution >= 0.6 is 0 Å². The van der Waals surface area contributed by atoms with Crippen molar-refractivity contribution in [2.75, 3.05) is 0 Å². The van der Waals surface area contributed by atoms with Crippen LogP contribution in [0.15, 0.2) is 18.4 Å². The average Bonchev–Trinajstić information content (AvgIpc) is 1.81. The van der Waals surface area contributed by atoms with Crippen LogP contribution < -0.4 is 0 Å². The normalized spacial score (nSPS) is 16.1. The number of rotatable bonds is 3. The van der Waals surface area contributed by atoms with Gasteiger partial charge in [-0.05, 0) is 18.9 Å². The third kappa shape index (κ3) is 2.86. The topological polar surface area (TPSA) is 20.2 Å². The Hall–Kier alpha value is -0.520. The van der Waals surface area contributed by atoms with Crippen LogP contribution in [0.2, 0.25) is 0 Å². The van der Waals surface area contributed by atoms with Gasteiger partial charge in [0.15, 0.2) is 0 Å². The molecule has 0 radical (unpaired) electrons. The molecule has 2 unspecified atom stereocenters. The minimum atomic E-state index is -0.297. The first kappa shape index (κ1) is 9.48. The van der Waals surface area contributed by atoms with Crippen LogP contribution in [0.3, 0.4) is 0 Å². The van der Waals surface area contributed by atoms with Crippen molar-refractivity contribution < 1.29 is 5.11 Å². The molecule has 1 nitrogen and oxygen atoms in total. The largest absolute Gasteiger partial charge is 0.393 e. The van der Waals surface area contributed by atoms with Crippen LogP contribution in [0, 0.1) is 11.8 Å². The quantitative estimate of drug-likeness (QED) is 0.594. The van der Waals surface area contributed by atoms with E-state index in [0.29, 0.717) is 5.92 Å². The molecule has 1 heteroatoms. The highest BCUT2D eigenvalue weighted by molar-refractivity contribution is 4.89. The molecule has 0 aliphatic rings. The molecule has 0 bridgehead atoms. The maximum Gasteiger partial charge on any atom is 0.0583 e. The molecule has 0 amide bonds. The van der Waals surface area contributed by atoms with Crippen molar-refractivity contribution in [2.45, 2.75) is 26.9 Å². The smallest absolute Gasteiger partial charge is 0.0583 e.